The summed E-state index contributed by atoms with van der Waals surface area (Å²) in [5.41, 5.74) is 0.0582. The fourth-order valence-electron chi connectivity index (χ4n) is 1.49. The zero-order valence-electron chi connectivity index (χ0n) is 10.8. The number of aromatic carboxylic acids is 1. The lowest BCUT2D eigenvalue weighted by molar-refractivity contribution is -0.117. The Morgan fingerprint density at radius 1 is 1.37 bits per heavy atom. The standard InChI is InChI=1S/C11H16N2O5S/c1-6(10(17-2)18-3)12-11(16)13-8-7(9(14)15)4-5-19-8/h4-6,10H,1-3H3,(H,14,15)(H2,12,13,16). The molecule has 0 aliphatic carbocycles. The summed E-state index contributed by atoms with van der Waals surface area (Å²) in [7, 11) is 2.93. The van der Waals surface area contributed by atoms with Gasteiger partial charge in [0.05, 0.1) is 11.6 Å². The summed E-state index contributed by atoms with van der Waals surface area (Å²) in [5, 5.41) is 15.9. The second-order valence-electron chi connectivity index (χ2n) is 3.70. The number of carbonyl (C=O) groups is 2. The molecule has 1 aromatic heterocycles. The lowest BCUT2D eigenvalue weighted by Gasteiger charge is -2.22. The molecule has 3 N–H and O–H groups in total. The topological polar surface area (TPSA) is 96.9 Å². The number of thiophene rings is 1. The first-order valence-corrected chi connectivity index (χ1v) is 6.31. The van der Waals surface area contributed by atoms with Gasteiger partial charge in [-0.1, -0.05) is 0 Å². The zero-order valence-corrected chi connectivity index (χ0v) is 11.6. The van der Waals surface area contributed by atoms with Gasteiger partial charge in [0.15, 0.2) is 6.29 Å². The van der Waals surface area contributed by atoms with E-state index in [4.69, 9.17) is 14.6 Å². The van der Waals surface area contributed by atoms with E-state index >= 15 is 0 Å². The number of carbonyl (C=O) groups excluding carboxylic acids is 1. The zero-order chi connectivity index (χ0) is 14.4. The molecule has 0 spiro atoms. The molecule has 1 atom stereocenters. The number of carboxylic acid groups (broad SMARTS) is 1. The summed E-state index contributed by atoms with van der Waals surface area (Å²) in [4.78, 5) is 22.6. The maximum atomic E-state index is 11.7. The Morgan fingerprint density at radius 2 is 2.00 bits per heavy atom. The molecular formula is C11H16N2O5S. The summed E-state index contributed by atoms with van der Waals surface area (Å²) in [5.74, 6) is -1.09. The first-order chi connectivity index (χ1) is 8.99. The molecule has 1 rings (SSSR count). The molecular weight excluding hydrogens is 272 g/mol. The first-order valence-electron chi connectivity index (χ1n) is 5.43. The highest BCUT2D eigenvalue weighted by atomic mass is 32.1. The Balaban J connectivity index is 2.60. The second-order valence-corrected chi connectivity index (χ2v) is 4.61. The number of nitrogens with one attached hydrogen (secondary N) is 2. The van der Waals surface area contributed by atoms with Gasteiger partial charge in [0.25, 0.3) is 0 Å². The van der Waals surface area contributed by atoms with Gasteiger partial charge in [-0.25, -0.2) is 9.59 Å². The van der Waals surface area contributed by atoms with Crippen LogP contribution < -0.4 is 10.6 Å². The SMILES string of the molecule is COC(OC)C(C)NC(=O)Nc1sccc1C(=O)O. The van der Waals surface area contributed by atoms with Gasteiger partial charge in [-0.2, -0.15) is 0 Å². The number of methoxy groups -OCH3 is 2. The Labute approximate surface area is 114 Å². The number of amides is 2. The average molecular weight is 288 g/mol. The summed E-state index contributed by atoms with van der Waals surface area (Å²) < 4.78 is 10.0. The molecule has 106 valence electrons. The van der Waals surface area contributed by atoms with Crippen molar-refractivity contribution in [2.45, 2.75) is 19.3 Å². The van der Waals surface area contributed by atoms with Gasteiger partial charge < -0.3 is 19.9 Å². The van der Waals surface area contributed by atoms with E-state index in [0.29, 0.717) is 0 Å². The molecule has 0 saturated heterocycles. The molecule has 0 aliphatic rings. The maximum absolute atomic E-state index is 11.7. The number of hydrogen-bond donors (Lipinski definition) is 3. The maximum Gasteiger partial charge on any atom is 0.338 e. The van der Waals surface area contributed by atoms with Crippen molar-refractivity contribution in [3.05, 3.63) is 17.0 Å². The number of ether oxygens (including phenoxy) is 2. The van der Waals surface area contributed by atoms with Gasteiger partial charge in [0, 0.05) is 14.2 Å². The molecule has 7 nitrogen and oxygen atoms in total. The number of urea groups is 1. The van der Waals surface area contributed by atoms with E-state index in [-0.39, 0.29) is 16.6 Å². The van der Waals surface area contributed by atoms with E-state index in [2.05, 4.69) is 10.6 Å². The minimum Gasteiger partial charge on any atom is -0.478 e. The molecule has 1 aromatic rings. The van der Waals surface area contributed by atoms with Crippen LogP contribution in [0.2, 0.25) is 0 Å². The monoisotopic (exact) mass is 288 g/mol. The van der Waals surface area contributed by atoms with E-state index in [1.165, 1.54) is 20.3 Å². The summed E-state index contributed by atoms with van der Waals surface area (Å²) in [6.07, 6.45) is -0.576. The molecule has 8 heteroatoms. The molecule has 0 saturated carbocycles. The molecule has 0 fully saturated rings. The summed E-state index contributed by atoms with van der Waals surface area (Å²) in [6.45, 7) is 1.71. The van der Waals surface area contributed by atoms with E-state index in [1.54, 1.807) is 12.3 Å². The fourth-order valence-corrected chi connectivity index (χ4v) is 2.27. The molecule has 19 heavy (non-hydrogen) atoms. The van der Waals surface area contributed by atoms with E-state index in [0.717, 1.165) is 11.3 Å². The van der Waals surface area contributed by atoms with Gasteiger partial charge in [-0.3, -0.25) is 5.32 Å². The van der Waals surface area contributed by atoms with Crippen LogP contribution in [-0.4, -0.2) is 43.7 Å². The highest BCUT2D eigenvalue weighted by Crippen LogP contribution is 2.22. The smallest absolute Gasteiger partial charge is 0.338 e. The minimum atomic E-state index is -1.09. The first kappa shape index (κ1) is 15.4. The average Bonchev–Trinajstić information content (AvgIpc) is 2.78. The van der Waals surface area contributed by atoms with Crippen molar-refractivity contribution >= 4 is 28.3 Å². The van der Waals surface area contributed by atoms with E-state index < -0.39 is 18.3 Å². The molecule has 0 radical (unpaired) electrons. The predicted octanol–water partition coefficient (Wildman–Crippen LogP) is 1.58. The number of carboxylic acids is 1. The molecule has 1 unspecified atom stereocenters. The number of anilines is 1. The Kier molecular flexibility index (Phi) is 5.74. The van der Waals surface area contributed by atoms with Gasteiger partial charge in [-0.15, -0.1) is 11.3 Å². The van der Waals surface area contributed by atoms with Gasteiger partial charge >= 0.3 is 12.0 Å². The predicted molar refractivity (Wildman–Crippen MR) is 70.7 cm³/mol. The van der Waals surface area contributed by atoms with Crippen LogP contribution in [0, 0.1) is 0 Å². The quantitative estimate of drug-likeness (QED) is 0.690. The van der Waals surface area contributed by atoms with Crippen molar-refractivity contribution in [2.24, 2.45) is 0 Å². The van der Waals surface area contributed by atoms with Gasteiger partial charge in [-0.05, 0) is 18.4 Å². The number of hydrogen-bond acceptors (Lipinski definition) is 5. The Bertz CT molecular complexity index is 444. The van der Waals surface area contributed by atoms with Gasteiger partial charge in [0.2, 0.25) is 0 Å². The molecule has 2 amide bonds. The van der Waals surface area contributed by atoms with Crippen LogP contribution in [0.5, 0.6) is 0 Å². The highest BCUT2D eigenvalue weighted by Gasteiger charge is 2.19. The van der Waals surface area contributed by atoms with Crippen LogP contribution in [0.25, 0.3) is 0 Å². The van der Waals surface area contributed by atoms with Crippen LogP contribution >= 0.6 is 11.3 Å². The third-order valence-corrected chi connectivity index (χ3v) is 3.18. The van der Waals surface area contributed by atoms with Crippen LogP contribution in [0.3, 0.4) is 0 Å². The molecule has 1 heterocycles. The second kappa shape index (κ2) is 7.07. The molecule has 0 aliphatic heterocycles. The van der Waals surface area contributed by atoms with Crippen molar-refractivity contribution < 1.29 is 24.2 Å². The minimum absolute atomic E-state index is 0.0582. The largest absolute Gasteiger partial charge is 0.478 e. The van der Waals surface area contributed by atoms with Crippen LogP contribution in [0.4, 0.5) is 9.80 Å². The third-order valence-electron chi connectivity index (χ3n) is 2.35. The van der Waals surface area contributed by atoms with Crippen molar-refractivity contribution in [1.29, 1.82) is 0 Å². The van der Waals surface area contributed by atoms with Gasteiger partial charge in [0.1, 0.15) is 5.00 Å². The van der Waals surface area contributed by atoms with Crippen molar-refractivity contribution in [3.8, 4) is 0 Å². The fraction of sp³-hybridized carbons (Fsp3) is 0.455. The van der Waals surface area contributed by atoms with Crippen LogP contribution in [-0.2, 0) is 9.47 Å². The lowest BCUT2D eigenvalue weighted by atomic mass is 10.3. The Morgan fingerprint density at radius 3 is 2.53 bits per heavy atom. The molecule has 0 bridgehead atoms. The van der Waals surface area contributed by atoms with Crippen molar-refractivity contribution in [2.75, 3.05) is 19.5 Å². The van der Waals surface area contributed by atoms with Crippen LogP contribution in [0.15, 0.2) is 11.4 Å². The Hall–Kier alpha value is -1.64. The van der Waals surface area contributed by atoms with E-state index in [1.807, 2.05) is 0 Å². The summed E-state index contributed by atoms with van der Waals surface area (Å²) in [6, 6.07) is 0.527. The van der Waals surface area contributed by atoms with Crippen molar-refractivity contribution in [1.82, 2.24) is 5.32 Å². The highest BCUT2D eigenvalue weighted by molar-refractivity contribution is 7.14. The molecule has 0 aromatic carbocycles. The normalized spacial score (nSPS) is 12.2. The van der Waals surface area contributed by atoms with E-state index in [9.17, 15) is 9.59 Å². The van der Waals surface area contributed by atoms with Crippen LogP contribution in [0.1, 0.15) is 17.3 Å². The number of rotatable bonds is 6. The van der Waals surface area contributed by atoms with Crippen molar-refractivity contribution in [3.63, 3.8) is 0 Å². The summed E-state index contributed by atoms with van der Waals surface area (Å²) >= 11 is 1.14. The third kappa shape index (κ3) is 4.19. The lowest BCUT2D eigenvalue weighted by Crippen LogP contribution is -2.44.